The monoisotopic (exact) mass is 637 g/mol. The summed E-state index contributed by atoms with van der Waals surface area (Å²) >= 11 is 0. The summed E-state index contributed by atoms with van der Waals surface area (Å²) < 4.78 is 10.6. The van der Waals surface area contributed by atoms with E-state index >= 15 is 0 Å². The zero-order chi connectivity index (χ0) is 34.1. The van der Waals surface area contributed by atoms with Crippen molar-refractivity contribution in [3.05, 3.63) is 70.8 Å². The average molecular weight is 638 g/mol. The number of carbonyl (C=O) groups excluding carboxylic acids is 4. The van der Waals surface area contributed by atoms with Gasteiger partial charge in [-0.2, -0.15) is 0 Å². The highest BCUT2D eigenvalue weighted by Gasteiger charge is 2.37. The van der Waals surface area contributed by atoms with Gasteiger partial charge in [0.15, 0.2) is 0 Å². The topological polar surface area (TPSA) is 114 Å². The molecule has 0 saturated carbocycles. The zero-order valence-corrected chi connectivity index (χ0v) is 28.9. The molecule has 2 rings (SSSR count). The molecule has 3 amide bonds. The molecule has 0 aromatic heterocycles. The van der Waals surface area contributed by atoms with Crippen molar-refractivity contribution in [2.45, 2.75) is 118 Å². The number of hydrogen-bond donors (Lipinski definition) is 2. The summed E-state index contributed by atoms with van der Waals surface area (Å²) in [4.78, 5) is 55.5. The first-order chi connectivity index (χ1) is 21.9. The van der Waals surface area contributed by atoms with Gasteiger partial charge in [0.2, 0.25) is 11.8 Å². The number of hydrogen-bond acceptors (Lipinski definition) is 6. The van der Waals surface area contributed by atoms with E-state index in [0.717, 1.165) is 48.8 Å². The van der Waals surface area contributed by atoms with Gasteiger partial charge in [0.05, 0.1) is 13.0 Å². The Morgan fingerprint density at radius 3 is 2.20 bits per heavy atom. The standard InChI is InChI=1S/C37H55N3O6/c1-8-10-11-12-13-17-25-40(35(43)31(26-29-20-15-14-16-21-29)39-36(44)46-37(5,6)7)33(30-22-18-19-27(3)28(30)4)34(42)38-24-23-32(41)45-9-2/h14-16,18-22,31,33H,8-13,17,23-26H2,1-7H3,(H,38,42)(H,39,44). The van der Waals surface area contributed by atoms with Crippen molar-refractivity contribution in [2.24, 2.45) is 0 Å². The summed E-state index contributed by atoms with van der Waals surface area (Å²) in [7, 11) is 0. The summed E-state index contributed by atoms with van der Waals surface area (Å²) in [5, 5.41) is 5.70. The molecule has 2 unspecified atom stereocenters. The van der Waals surface area contributed by atoms with Crippen LogP contribution >= 0.6 is 0 Å². The van der Waals surface area contributed by atoms with Crippen LogP contribution in [0.1, 0.15) is 108 Å². The van der Waals surface area contributed by atoms with E-state index in [4.69, 9.17) is 9.47 Å². The molecular formula is C37H55N3O6. The minimum Gasteiger partial charge on any atom is -0.466 e. The molecule has 0 aliphatic rings. The first-order valence-corrected chi connectivity index (χ1v) is 16.7. The molecule has 0 bridgehead atoms. The molecule has 2 aromatic carbocycles. The quantitative estimate of drug-likeness (QED) is 0.138. The van der Waals surface area contributed by atoms with Gasteiger partial charge in [-0.3, -0.25) is 14.4 Å². The lowest BCUT2D eigenvalue weighted by molar-refractivity contribution is -0.144. The third-order valence-electron chi connectivity index (χ3n) is 7.74. The molecule has 254 valence electrons. The molecule has 46 heavy (non-hydrogen) atoms. The first kappa shape index (κ1) is 38.3. The highest BCUT2D eigenvalue weighted by atomic mass is 16.6. The minimum atomic E-state index is -0.989. The van der Waals surface area contributed by atoms with E-state index in [1.54, 1.807) is 32.6 Å². The molecule has 0 fully saturated rings. The lowest BCUT2D eigenvalue weighted by atomic mass is 9.94. The van der Waals surface area contributed by atoms with Crippen LogP contribution in [-0.4, -0.2) is 60.1 Å². The summed E-state index contributed by atoms with van der Waals surface area (Å²) in [6.07, 6.45) is 5.53. The molecule has 0 heterocycles. The average Bonchev–Trinajstić information content (AvgIpc) is 2.99. The molecular weight excluding hydrogens is 582 g/mol. The van der Waals surface area contributed by atoms with E-state index in [0.29, 0.717) is 18.5 Å². The number of nitrogens with one attached hydrogen (secondary N) is 2. The third kappa shape index (κ3) is 13.2. The fraction of sp³-hybridized carbons (Fsp3) is 0.568. The van der Waals surface area contributed by atoms with Gasteiger partial charge in [-0.25, -0.2) is 4.79 Å². The van der Waals surface area contributed by atoms with Gasteiger partial charge in [-0.15, -0.1) is 0 Å². The Kier molecular flexibility index (Phi) is 16.3. The maximum absolute atomic E-state index is 14.7. The molecule has 0 aliphatic carbocycles. The van der Waals surface area contributed by atoms with Crippen LogP contribution in [0.4, 0.5) is 4.79 Å². The molecule has 9 heteroatoms. The SMILES string of the molecule is CCCCCCCCN(C(=O)C(Cc1ccccc1)NC(=O)OC(C)(C)C)C(C(=O)NCCC(=O)OCC)c1cccc(C)c1C. The van der Waals surface area contributed by atoms with Crippen LogP contribution in [0.15, 0.2) is 48.5 Å². The fourth-order valence-corrected chi connectivity index (χ4v) is 5.27. The fourth-order valence-electron chi connectivity index (χ4n) is 5.27. The van der Waals surface area contributed by atoms with Gasteiger partial charge in [0, 0.05) is 19.5 Å². The van der Waals surface area contributed by atoms with Crippen LogP contribution in [0.5, 0.6) is 0 Å². The Bertz CT molecular complexity index is 1260. The molecule has 9 nitrogen and oxygen atoms in total. The number of unbranched alkanes of at least 4 members (excludes halogenated alkanes) is 5. The Balaban J connectivity index is 2.55. The molecule has 2 aromatic rings. The highest BCUT2D eigenvalue weighted by molar-refractivity contribution is 5.92. The van der Waals surface area contributed by atoms with Crippen molar-refractivity contribution in [3.8, 4) is 0 Å². The van der Waals surface area contributed by atoms with Crippen molar-refractivity contribution in [1.82, 2.24) is 15.5 Å². The smallest absolute Gasteiger partial charge is 0.408 e. The number of benzene rings is 2. The Morgan fingerprint density at radius 2 is 1.54 bits per heavy atom. The molecule has 0 radical (unpaired) electrons. The lowest BCUT2D eigenvalue weighted by Crippen LogP contribution is -2.54. The Morgan fingerprint density at radius 1 is 0.870 bits per heavy atom. The first-order valence-electron chi connectivity index (χ1n) is 16.7. The number of amides is 3. The number of carbonyl (C=O) groups is 4. The molecule has 0 spiro atoms. The van der Waals surface area contributed by atoms with Gasteiger partial charge in [0.1, 0.15) is 17.7 Å². The zero-order valence-electron chi connectivity index (χ0n) is 28.9. The van der Waals surface area contributed by atoms with Crippen LogP contribution in [-0.2, 0) is 30.3 Å². The second-order valence-electron chi connectivity index (χ2n) is 12.7. The van der Waals surface area contributed by atoms with Gasteiger partial charge >= 0.3 is 12.1 Å². The molecule has 2 atom stereocenters. The van der Waals surface area contributed by atoms with Crippen molar-refractivity contribution < 1.29 is 28.7 Å². The van der Waals surface area contributed by atoms with E-state index in [2.05, 4.69) is 17.6 Å². The van der Waals surface area contributed by atoms with Crippen LogP contribution in [0.2, 0.25) is 0 Å². The summed E-state index contributed by atoms with van der Waals surface area (Å²) in [6.45, 7) is 13.8. The largest absolute Gasteiger partial charge is 0.466 e. The predicted octanol–water partition coefficient (Wildman–Crippen LogP) is 6.74. The number of nitrogens with zero attached hydrogens (tertiary/aromatic N) is 1. The van der Waals surface area contributed by atoms with E-state index in [1.807, 2.05) is 62.4 Å². The summed E-state index contributed by atoms with van der Waals surface area (Å²) in [5.74, 6) is -1.18. The summed E-state index contributed by atoms with van der Waals surface area (Å²) in [6, 6.07) is 13.2. The number of aryl methyl sites for hydroxylation is 1. The summed E-state index contributed by atoms with van der Waals surface area (Å²) in [5.41, 5.74) is 2.68. The van der Waals surface area contributed by atoms with Crippen molar-refractivity contribution in [2.75, 3.05) is 19.7 Å². The predicted molar refractivity (Wildman–Crippen MR) is 181 cm³/mol. The number of rotatable bonds is 18. The van der Waals surface area contributed by atoms with Gasteiger partial charge in [-0.05, 0) is 70.2 Å². The van der Waals surface area contributed by atoms with Crippen molar-refractivity contribution >= 4 is 23.9 Å². The second kappa shape index (κ2) is 19.6. The van der Waals surface area contributed by atoms with Crippen LogP contribution in [0.3, 0.4) is 0 Å². The van der Waals surface area contributed by atoms with Gasteiger partial charge in [0.25, 0.3) is 0 Å². The third-order valence-corrected chi connectivity index (χ3v) is 7.74. The van der Waals surface area contributed by atoms with Gasteiger partial charge < -0.3 is 25.0 Å². The Labute approximate surface area is 275 Å². The van der Waals surface area contributed by atoms with E-state index in [1.165, 1.54) is 0 Å². The second-order valence-corrected chi connectivity index (χ2v) is 12.7. The lowest BCUT2D eigenvalue weighted by Gasteiger charge is -2.35. The molecule has 2 N–H and O–H groups in total. The highest BCUT2D eigenvalue weighted by Crippen LogP contribution is 2.28. The van der Waals surface area contributed by atoms with Crippen LogP contribution in [0, 0.1) is 13.8 Å². The Hall–Kier alpha value is -3.88. The van der Waals surface area contributed by atoms with Crippen molar-refractivity contribution in [3.63, 3.8) is 0 Å². The number of alkyl carbamates (subject to hydrolysis) is 1. The molecule has 0 saturated heterocycles. The van der Waals surface area contributed by atoms with E-state index in [9.17, 15) is 19.2 Å². The minimum absolute atomic E-state index is 0.0152. The van der Waals surface area contributed by atoms with Crippen LogP contribution < -0.4 is 10.6 Å². The number of ether oxygens (including phenoxy) is 2. The normalized spacial score (nSPS) is 12.5. The molecule has 0 aliphatic heterocycles. The van der Waals surface area contributed by atoms with Gasteiger partial charge in [-0.1, -0.05) is 87.6 Å². The van der Waals surface area contributed by atoms with E-state index in [-0.39, 0.29) is 31.9 Å². The van der Waals surface area contributed by atoms with Crippen molar-refractivity contribution in [1.29, 1.82) is 0 Å². The van der Waals surface area contributed by atoms with Crippen LogP contribution in [0.25, 0.3) is 0 Å². The van der Waals surface area contributed by atoms with E-state index < -0.39 is 35.7 Å². The maximum atomic E-state index is 14.7. The maximum Gasteiger partial charge on any atom is 0.408 e. The number of esters is 1.